The fraction of sp³-hybridized carbons (Fsp3) is 0.812. The first-order chi connectivity index (χ1) is 9.19. The molecule has 0 aliphatic heterocycles. The molecule has 5 unspecified atom stereocenters. The molecule has 3 heteroatoms. The van der Waals surface area contributed by atoms with E-state index in [0.717, 1.165) is 42.3 Å². The Balaban J connectivity index is 1.46. The lowest BCUT2D eigenvalue weighted by atomic mass is 9.96. The van der Waals surface area contributed by atoms with E-state index >= 15 is 0 Å². The first kappa shape index (κ1) is 12.0. The molecule has 0 saturated heterocycles. The van der Waals surface area contributed by atoms with Crippen LogP contribution in [0.1, 0.15) is 37.6 Å². The van der Waals surface area contributed by atoms with Crippen LogP contribution < -0.4 is 0 Å². The van der Waals surface area contributed by atoms with Gasteiger partial charge in [-0.2, -0.15) is 5.10 Å². The maximum atomic E-state index is 10.6. The average Bonchev–Trinajstić information content (AvgIpc) is 2.71. The van der Waals surface area contributed by atoms with Crippen LogP contribution in [-0.2, 0) is 13.0 Å². The third-order valence-corrected chi connectivity index (χ3v) is 5.94. The third-order valence-electron chi connectivity index (χ3n) is 5.94. The van der Waals surface area contributed by atoms with E-state index in [4.69, 9.17) is 0 Å². The second kappa shape index (κ2) is 4.08. The highest BCUT2D eigenvalue weighted by atomic mass is 16.3. The predicted molar refractivity (Wildman–Crippen MR) is 73.6 cm³/mol. The SMILES string of the molecule is CCn1nc(C)cc1CC(O)C1C2C3CCC(C3)C12. The standard InChI is InChI=1S/C16H24N2O/c1-3-18-12(6-9(2)17-18)8-13(19)16-14-10-4-5-11(7-10)15(14)16/h6,10-11,13-16,19H,3-5,7-8H2,1-2H3. The molecule has 1 aromatic heterocycles. The third kappa shape index (κ3) is 1.70. The van der Waals surface area contributed by atoms with E-state index in [1.165, 1.54) is 25.0 Å². The van der Waals surface area contributed by atoms with Gasteiger partial charge in [0, 0.05) is 18.7 Å². The van der Waals surface area contributed by atoms with E-state index in [-0.39, 0.29) is 6.10 Å². The van der Waals surface area contributed by atoms with E-state index in [0.29, 0.717) is 5.92 Å². The van der Waals surface area contributed by atoms with Crippen molar-refractivity contribution in [2.24, 2.45) is 29.6 Å². The Hall–Kier alpha value is -0.830. The number of rotatable bonds is 4. The van der Waals surface area contributed by atoms with Gasteiger partial charge in [0.25, 0.3) is 0 Å². The molecule has 1 heterocycles. The molecule has 0 amide bonds. The molecule has 1 aromatic rings. The van der Waals surface area contributed by atoms with Crippen LogP contribution in [0.15, 0.2) is 6.07 Å². The molecule has 19 heavy (non-hydrogen) atoms. The van der Waals surface area contributed by atoms with Gasteiger partial charge >= 0.3 is 0 Å². The monoisotopic (exact) mass is 260 g/mol. The number of nitrogens with zero attached hydrogens (tertiary/aromatic N) is 2. The average molecular weight is 260 g/mol. The highest BCUT2D eigenvalue weighted by Gasteiger charge is 2.66. The molecular formula is C16H24N2O. The first-order valence-electron chi connectivity index (χ1n) is 7.90. The van der Waals surface area contributed by atoms with Crippen molar-refractivity contribution in [3.05, 3.63) is 17.5 Å². The van der Waals surface area contributed by atoms with Crippen molar-refractivity contribution in [3.63, 3.8) is 0 Å². The summed E-state index contributed by atoms with van der Waals surface area (Å²) in [5.41, 5.74) is 2.28. The van der Waals surface area contributed by atoms with Crippen molar-refractivity contribution >= 4 is 0 Å². The molecule has 4 rings (SSSR count). The minimum absolute atomic E-state index is 0.139. The van der Waals surface area contributed by atoms with Crippen molar-refractivity contribution in [2.75, 3.05) is 0 Å². The smallest absolute Gasteiger partial charge is 0.0629 e. The zero-order valence-corrected chi connectivity index (χ0v) is 11.9. The Kier molecular flexibility index (Phi) is 2.57. The van der Waals surface area contributed by atoms with Crippen molar-refractivity contribution in [2.45, 2.75) is 52.2 Å². The maximum absolute atomic E-state index is 10.6. The molecule has 3 aliphatic rings. The minimum atomic E-state index is -0.139. The fourth-order valence-corrected chi connectivity index (χ4v) is 5.29. The number of aromatic nitrogens is 2. The first-order valence-corrected chi connectivity index (χ1v) is 7.90. The van der Waals surface area contributed by atoms with E-state index in [2.05, 4.69) is 18.1 Å². The lowest BCUT2D eigenvalue weighted by Gasteiger charge is -2.15. The summed E-state index contributed by atoms with van der Waals surface area (Å²) in [4.78, 5) is 0. The normalized spacial score (nSPS) is 40.5. The van der Waals surface area contributed by atoms with Gasteiger partial charge in [0.2, 0.25) is 0 Å². The van der Waals surface area contributed by atoms with Crippen molar-refractivity contribution in [1.29, 1.82) is 0 Å². The lowest BCUT2D eigenvalue weighted by Crippen LogP contribution is -2.20. The lowest BCUT2D eigenvalue weighted by molar-refractivity contribution is 0.126. The summed E-state index contributed by atoms with van der Waals surface area (Å²) in [6.07, 6.45) is 4.98. The number of aliphatic hydroxyl groups is 1. The fourth-order valence-electron chi connectivity index (χ4n) is 5.29. The van der Waals surface area contributed by atoms with Gasteiger partial charge in [-0.3, -0.25) is 4.68 Å². The zero-order valence-electron chi connectivity index (χ0n) is 11.9. The minimum Gasteiger partial charge on any atom is -0.392 e. The van der Waals surface area contributed by atoms with Crippen LogP contribution in [0.25, 0.3) is 0 Å². The van der Waals surface area contributed by atoms with Gasteiger partial charge < -0.3 is 5.11 Å². The second-order valence-corrected chi connectivity index (χ2v) is 6.93. The summed E-state index contributed by atoms with van der Waals surface area (Å²) in [6.45, 7) is 5.06. The van der Waals surface area contributed by atoms with Gasteiger partial charge in [-0.05, 0) is 68.8 Å². The quantitative estimate of drug-likeness (QED) is 0.902. The summed E-state index contributed by atoms with van der Waals surface area (Å²) < 4.78 is 2.05. The summed E-state index contributed by atoms with van der Waals surface area (Å²) in [5.74, 6) is 4.24. The van der Waals surface area contributed by atoms with Gasteiger partial charge in [-0.25, -0.2) is 0 Å². The van der Waals surface area contributed by atoms with Gasteiger partial charge in [0.15, 0.2) is 0 Å². The van der Waals surface area contributed by atoms with Gasteiger partial charge in [-0.1, -0.05) is 0 Å². The molecule has 3 aliphatic carbocycles. The highest BCUT2D eigenvalue weighted by molar-refractivity contribution is 5.17. The van der Waals surface area contributed by atoms with Crippen LogP contribution in [0.2, 0.25) is 0 Å². The molecule has 0 aromatic carbocycles. The number of aryl methyl sites for hydroxylation is 2. The van der Waals surface area contributed by atoms with Crippen LogP contribution in [0.3, 0.4) is 0 Å². The summed E-state index contributed by atoms with van der Waals surface area (Å²) >= 11 is 0. The van der Waals surface area contributed by atoms with E-state index in [9.17, 15) is 5.11 Å². The highest BCUT2D eigenvalue weighted by Crippen LogP contribution is 2.70. The van der Waals surface area contributed by atoms with E-state index in [1.54, 1.807) is 0 Å². The Morgan fingerprint density at radius 3 is 2.68 bits per heavy atom. The van der Waals surface area contributed by atoms with Crippen molar-refractivity contribution in [3.8, 4) is 0 Å². The van der Waals surface area contributed by atoms with Crippen LogP contribution >= 0.6 is 0 Å². The van der Waals surface area contributed by atoms with E-state index < -0.39 is 0 Å². The van der Waals surface area contributed by atoms with Gasteiger partial charge in [0.05, 0.1) is 11.8 Å². The molecule has 0 radical (unpaired) electrons. The summed E-state index contributed by atoms with van der Waals surface area (Å²) in [7, 11) is 0. The number of fused-ring (bicyclic) bond motifs is 5. The van der Waals surface area contributed by atoms with Crippen LogP contribution in [0.4, 0.5) is 0 Å². The zero-order chi connectivity index (χ0) is 13.1. The Bertz CT molecular complexity index is 479. The van der Waals surface area contributed by atoms with Crippen molar-refractivity contribution in [1.82, 2.24) is 9.78 Å². The molecular weight excluding hydrogens is 236 g/mol. The number of hydrogen-bond acceptors (Lipinski definition) is 2. The van der Waals surface area contributed by atoms with Crippen LogP contribution in [0.5, 0.6) is 0 Å². The molecule has 3 nitrogen and oxygen atoms in total. The predicted octanol–water partition coefficient (Wildman–Crippen LogP) is 2.41. The molecule has 0 spiro atoms. The molecule has 5 atom stereocenters. The molecule has 2 bridgehead atoms. The maximum Gasteiger partial charge on any atom is 0.0629 e. The van der Waals surface area contributed by atoms with E-state index in [1.807, 2.05) is 11.6 Å². The van der Waals surface area contributed by atoms with Crippen molar-refractivity contribution < 1.29 is 5.11 Å². The number of aliphatic hydroxyl groups excluding tert-OH is 1. The topological polar surface area (TPSA) is 38.0 Å². The Morgan fingerprint density at radius 1 is 1.37 bits per heavy atom. The molecule has 3 fully saturated rings. The Labute approximate surface area is 115 Å². The Morgan fingerprint density at radius 2 is 2.05 bits per heavy atom. The molecule has 3 saturated carbocycles. The second-order valence-electron chi connectivity index (χ2n) is 6.93. The van der Waals surface area contributed by atoms with Gasteiger partial charge in [0.1, 0.15) is 0 Å². The summed E-state index contributed by atoms with van der Waals surface area (Å²) in [6, 6.07) is 2.14. The van der Waals surface area contributed by atoms with Crippen LogP contribution in [-0.4, -0.2) is 21.0 Å². The van der Waals surface area contributed by atoms with Crippen LogP contribution in [0, 0.1) is 36.5 Å². The summed E-state index contributed by atoms with van der Waals surface area (Å²) in [5, 5.41) is 15.1. The van der Waals surface area contributed by atoms with Gasteiger partial charge in [-0.15, -0.1) is 0 Å². The largest absolute Gasteiger partial charge is 0.392 e. The number of hydrogen-bond donors (Lipinski definition) is 1. The molecule has 1 N–H and O–H groups in total. The molecule has 104 valence electrons.